The van der Waals surface area contributed by atoms with E-state index in [4.69, 9.17) is 4.42 Å². The predicted octanol–water partition coefficient (Wildman–Crippen LogP) is 3.32. The van der Waals surface area contributed by atoms with E-state index in [9.17, 15) is 0 Å². The molecule has 3 rings (SSSR count). The number of thioether (sulfide) groups is 1. The van der Waals surface area contributed by atoms with Gasteiger partial charge in [-0.05, 0) is 30.7 Å². The molecule has 1 aromatic carbocycles. The zero-order valence-electron chi connectivity index (χ0n) is 10.5. The van der Waals surface area contributed by atoms with Gasteiger partial charge in [-0.3, -0.25) is 5.43 Å². The monoisotopic (exact) mass is 271 g/mol. The van der Waals surface area contributed by atoms with Crippen molar-refractivity contribution in [1.82, 2.24) is 5.43 Å². The number of para-hydroxylation sites is 1. The van der Waals surface area contributed by atoms with Crippen LogP contribution in [0, 0.1) is 6.92 Å². The van der Waals surface area contributed by atoms with E-state index in [0.29, 0.717) is 0 Å². The molecule has 1 aromatic heterocycles. The molecule has 0 amide bonds. The molecule has 5 heteroatoms. The second kappa shape index (κ2) is 5.32. The molecule has 96 valence electrons. The molecule has 0 unspecified atom stereocenters. The van der Waals surface area contributed by atoms with Crippen LogP contribution in [-0.2, 0) is 0 Å². The molecule has 0 aliphatic carbocycles. The topological polar surface area (TPSA) is 49.9 Å². The van der Waals surface area contributed by atoms with Gasteiger partial charge in [0.1, 0.15) is 5.71 Å². The number of nitrogens with one attached hydrogen (secondary N) is 1. The molecule has 0 saturated carbocycles. The van der Waals surface area contributed by atoms with Crippen LogP contribution in [0.3, 0.4) is 0 Å². The Labute approximate surface area is 115 Å². The minimum atomic E-state index is 0.755. The lowest BCUT2D eigenvalue weighted by Crippen LogP contribution is -2.24. The summed E-state index contributed by atoms with van der Waals surface area (Å²) in [5.41, 5.74) is 5.99. The van der Waals surface area contributed by atoms with Gasteiger partial charge in [0.15, 0.2) is 10.9 Å². The van der Waals surface area contributed by atoms with E-state index in [-0.39, 0.29) is 0 Å². The van der Waals surface area contributed by atoms with Crippen LogP contribution in [0.15, 0.2) is 57.2 Å². The van der Waals surface area contributed by atoms with Gasteiger partial charge in [0.2, 0.25) is 0 Å². The van der Waals surface area contributed by atoms with Gasteiger partial charge in [-0.2, -0.15) is 5.10 Å². The van der Waals surface area contributed by atoms with Gasteiger partial charge in [-0.1, -0.05) is 30.0 Å². The molecule has 0 radical (unpaired) electrons. The Morgan fingerprint density at radius 1 is 1.26 bits per heavy atom. The highest BCUT2D eigenvalue weighted by molar-refractivity contribution is 8.14. The zero-order chi connectivity index (χ0) is 13.1. The Kier molecular flexibility index (Phi) is 3.37. The molecule has 0 atom stereocenters. The van der Waals surface area contributed by atoms with E-state index >= 15 is 0 Å². The van der Waals surface area contributed by atoms with Gasteiger partial charge in [0, 0.05) is 5.75 Å². The molecule has 0 bridgehead atoms. The van der Waals surface area contributed by atoms with Gasteiger partial charge in [-0.15, -0.1) is 0 Å². The Balaban J connectivity index is 1.78. The summed E-state index contributed by atoms with van der Waals surface area (Å²) >= 11 is 1.62. The van der Waals surface area contributed by atoms with Crippen molar-refractivity contribution in [2.24, 2.45) is 10.1 Å². The highest BCUT2D eigenvalue weighted by Crippen LogP contribution is 2.21. The second-order valence-corrected chi connectivity index (χ2v) is 5.10. The number of furan rings is 1. The molecule has 1 aliphatic rings. The first kappa shape index (κ1) is 12.0. The summed E-state index contributed by atoms with van der Waals surface area (Å²) in [7, 11) is 0. The van der Waals surface area contributed by atoms with E-state index in [1.165, 1.54) is 0 Å². The Morgan fingerprint density at radius 3 is 2.84 bits per heavy atom. The number of hydrogen-bond acceptors (Lipinski definition) is 4. The van der Waals surface area contributed by atoms with E-state index in [2.05, 4.69) is 15.5 Å². The molecule has 0 saturated heterocycles. The number of aryl methyl sites for hydroxylation is 1. The van der Waals surface area contributed by atoms with Gasteiger partial charge in [0.05, 0.1) is 12.0 Å². The average Bonchev–Trinajstić information content (AvgIpc) is 2.96. The highest BCUT2D eigenvalue weighted by Gasteiger charge is 2.15. The summed E-state index contributed by atoms with van der Waals surface area (Å²) in [6, 6.07) is 11.8. The molecule has 4 nitrogen and oxygen atoms in total. The number of nitrogens with zero attached hydrogens (tertiary/aromatic N) is 2. The number of hydrogen-bond donors (Lipinski definition) is 1. The second-order valence-electron chi connectivity index (χ2n) is 4.14. The summed E-state index contributed by atoms with van der Waals surface area (Å²) in [5.74, 6) is 1.56. The maximum atomic E-state index is 5.32. The summed E-state index contributed by atoms with van der Waals surface area (Å²) in [6.45, 7) is 2.05. The molecule has 0 spiro atoms. The zero-order valence-corrected chi connectivity index (χ0v) is 11.3. The molecule has 2 heterocycles. The fourth-order valence-electron chi connectivity index (χ4n) is 1.74. The number of aliphatic imine (C=N–C) groups is 1. The molecular formula is C14H13N3OS. The van der Waals surface area contributed by atoms with Crippen LogP contribution in [0.1, 0.15) is 11.3 Å². The Bertz CT molecular complexity index is 632. The average molecular weight is 271 g/mol. The first-order valence-corrected chi connectivity index (χ1v) is 6.95. The van der Waals surface area contributed by atoms with Gasteiger partial charge < -0.3 is 4.42 Å². The van der Waals surface area contributed by atoms with Gasteiger partial charge in [-0.25, -0.2) is 4.99 Å². The van der Waals surface area contributed by atoms with Crippen LogP contribution >= 0.6 is 11.8 Å². The van der Waals surface area contributed by atoms with Crippen LogP contribution in [-0.4, -0.2) is 16.6 Å². The predicted molar refractivity (Wildman–Crippen MR) is 79.1 cm³/mol. The largest absolute Gasteiger partial charge is 0.463 e. The summed E-state index contributed by atoms with van der Waals surface area (Å²) in [5, 5.41) is 5.11. The summed E-state index contributed by atoms with van der Waals surface area (Å²) in [6.07, 6.45) is 1.65. The maximum absolute atomic E-state index is 5.32. The third kappa shape index (κ3) is 2.71. The van der Waals surface area contributed by atoms with Crippen LogP contribution in [0.25, 0.3) is 0 Å². The molecule has 2 aromatic rings. The van der Waals surface area contributed by atoms with E-state index in [1.807, 2.05) is 43.3 Å². The van der Waals surface area contributed by atoms with Crippen molar-refractivity contribution in [3.8, 4) is 0 Å². The smallest absolute Gasteiger partial charge is 0.182 e. The number of rotatable bonds is 2. The number of hydrazone groups is 1. The number of benzene rings is 1. The third-order valence-electron chi connectivity index (χ3n) is 2.78. The molecule has 19 heavy (non-hydrogen) atoms. The quantitative estimate of drug-likeness (QED) is 0.911. The number of amidine groups is 1. The molecular weight excluding hydrogens is 258 g/mol. The van der Waals surface area contributed by atoms with Crippen molar-refractivity contribution in [3.05, 3.63) is 54.0 Å². The fourth-order valence-corrected chi connectivity index (χ4v) is 2.49. The Morgan fingerprint density at radius 2 is 2.16 bits per heavy atom. The van der Waals surface area contributed by atoms with Crippen LogP contribution in [0.2, 0.25) is 0 Å². The fraction of sp³-hybridized carbons (Fsp3) is 0.143. The van der Waals surface area contributed by atoms with Gasteiger partial charge in [0.25, 0.3) is 0 Å². The first-order chi connectivity index (χ1) is 9.33. The van der Waals surface area contributed by atoms with Gasteiger partial charge >= 0.3 is 0 Å². The van der Waals surface area contributed by atoms with Crippen LogP contribution < -0.4 is 5.43 Å². The Hall–Kier alpha value is -2.01. The van der Waals surface area contributed by atoms with Crippen LogP contribution in [0.4, 0.5) is 5.69 Å². The maximum Gasteiger partial charge on any atom is 0.182 e. The van der Waals surface area contributed by atoms with Crippen molar-refractivity contribution >= 4 is 28.3 Å². The molecule has 1 N–H and O–H groups in total. The highest BCUT2D eigenvalue weighted by atomic mass is 32.2. The van der Waals surface area contributed by atoms with Crippen molar-refractivity contribution < 1.29 is 4.42 Å². The summed E-state index contributed by atoms with van der Waals surface area (Å²) in [4.78, 5) is 4.56. The van der Waals surface area contributed by atoms with Crippen molar-refractivity contribution in [3.63, 3.8) is 0 Å². The normalized spacial score (nSPS) is 17.1. The van der Waals surface area contributed by atoms with Crippen LogP contribution in [0.5, 0.6) is 0 Å². The minimum absolute atomic E-state index is 0.755. The SMILES string of the molecule is Cc1ccccc1N=C1NN=C(c2ccco2)CS1. The first-order valence-electron chi connectivity index (χ1n) is 5.96. The minimum Gasteiger partial charge on any atom is -0.463 e. The van der Waals surface area contributed by atoms with E-state index in [0.717, 1.165) is 33.6 Å². The van der Waals surface area contributed by atoms with Crippen molar-refractivity contribution in [1.29, 1.82) is 0 Å². The lowest BCUT2D eigenvalue weighted by atomic mass is 10.2. The lowest BCUT2D eigenvalue weighted by Gasteiger charge is -2.13. The lowest BCUT2D eigenvalue weighted by molar-refractivity contribution is 0.556. The third-order valence-corrected chi connectivity index (χ3v) is 3.65. The van der Waals surface area contributed by atoms with Crippen molar-refractivity contribution in [2.75, 3.05) is 5.75 Å². The van der Waals surface area contributed by atoms with E-state index in [1.54, 1.807) is 18.0 Å². The molecule has 1 aliphatic heterocycles. The van der Waals surface area contributed by atoms with Crippen molar-refractivity contribution in [2.45, 2.75) is 6.92 Å². The summed E-state index contributed by atoms with van der Waals surface area (Å²) < 4.78 is 5.32. The molecule has 0 fully saturated rings. The van der Waals surface area contributed by atoms with E-state index < -0.39 is 0 Å². The standard InChI is InChI=1S/C14H13N3OS/c1-10-5-2-3-6-11(10)15-14-17-16-12(9-19-14)13-7-4-8-18-13/h2-8H,9H2,1H3,(H,15,17).